The summed E-state index contributed by atoms with van der Waals surface area (Å²) in [5.74, 6) is 0.364. The number of amides is 2. The van der Waals surface area contributed by atoms with Crippen LogP contribution in [0.4, 0.5) is 0 Å². The Labute approximate surface area is 211 Å². The molecule has 1 saturated heterocycles. The number of ether oxygens (including phenoxy) is 2. The molecule has 0 atom stereocenters. The van der Waals surface area contributed by atoms with Gasteiger partial charge in [0.15, 0.2) is 0 Å². The van der Waals surface area contributed by atoms with Crippen LogP contribution in [0.2, 0.25) is 0 Å². The molecule has 5 rings (SSSR count). The SMILES string of the molecule is O=C(CN1Cc2c(OCc3ccc(CN4CCOCC4)cc3)cccc2C1=O)NCc1ccccc1. The van der Waals surface area contributed by atoms with E-state index in [9.17, 15) is 9.59 Å². The molecule has 0 radical (unpaired) electrons. The number of fused-ring (bicyclic) bond motifs is 1. The van der Waals surface area contributed by atoms with E-state index in [4.69, 9.17) is 9.47 Å². The van der Waals surface area contributed by atoms with Crippen molar-refractivity contribution in [2.75, 3.05) is 32.8 Å². The molecule has 0 bridgehead atoms. The molecule has 2 aliphatic heterocycles. The first-order chi connectivity index (χ1) is 17.7. The minimum Gasteiger partial charge on any atom is -0.489 e. The van der Waals surface area contributed by atoms with Crippen LogP contribution in [-0.4, -0.2) is 54.5 Å². The van der Waals surface area contributed by atoms with Gasteiger partial charge in [0.05, 0.1) is 19.8 Å². The fraction of sp³-hybridized carbons (Fsp3) is 0.310. The Kier molecular flexibility index (Phi) is 7.59. The molecule has 2 heterocycles. The van der Waals surface area contributed by atoms with Crippen LogP contribution in [0.3, 0.4) is 0 Å². The summed E-state index contributed by atoms with van der Waals surface area (Å²) in [6.45, 7) is 5.69. The van der Waals surface area contributed by atoms with E-state index in [1.54, 1.807) is 11.0 Å². The zero-order valence-electron chi connectivity index (χ0n) is 20.3. The maximum atomic E-state index is 12.9. The fourth-order valence-electron chi connectivity index (χ4n) is 4.57. The molecule has 3 aromatic rings. The maximum Gasteiger partial charge on any atom is 0.255 e. The second kappa shape index (κ2) is 11.4. The van der Waals surface area contributed by atoms with Crippen molar-refractivity contribution in [3.63, 3.8) is 0 Å². The largest absolute Gasteiger partial charge is 0.489 e. The van der Waals surface area contributed by atoms with Crippen molar-refractivity contribution in [3.05, 3.63) is 101 Å². The highest BCUT2D eigenvalue weighted by Gasteiger charge is 2.31. The summed E-state index contributed by atoms with van der Waals surface area (Å²) in [5.41, 5.74) is 4.80. The van der Waals surface area contributed by atoms with Gasteiger partial charge in [-0.1, -0.05) is 60.7 Å². The molecule has 3 aromatic carbocycles. The van der Waals surface area contributed by atoms with E-state index < -0.39 is 0 Å². The van der Waals surface area contributed by atoms with E-state index in [0.717, 1.165) is 49.5 Å². The first-order valence-electron chi connectivity index (χ1n) is 12.4. The molecule has 2 aliphatic rings. The summed E-state index contributed by atoms with van der Waals surface area (Å²) in [7, 11) is 0. The summed E-state index contributed by atoms with van der Waals surface area (Å²) in [6, 6.07) is 23.7. The number of benzene rings is 3. The topological polar surface area (TPSA) is 71.1 Å². The van der Waals surface area contributed by atoms with Crippen molar-refractivity contribution in [2.24, 2.45) is 0 Å². The molecule has 0 aromatic heterocycles. The smallest absolute Gasteiger partial charge is 0.255 e. The summed E-state index contributed by atoms with van der Waals surface area (Å²) < 4.78 is 11.5. The Morgan fingerprint density at radius 2 is 1.64 bits per heavy atom. The minimum atomic E-state index is -0.181. The number of carbonyl (C=O) groups is 2. The summed E-state index contributed by atoms with van der Waals surface area (Å²) in [5, 5.41) is 2.89. The predicted molar refractivity (Wildman–Crippen MR) is 136 cm³/mol. The zero-order valence-corrected chi connectivity index (χ0v) is 20.3. The van der Waals surface area contributed by atoms with Crippen molar-refractivity contribution >= 4 is 11.8 Å². The summed E-state index contributed by atoms with van der Waals surface area (Å²) in [6.07, 6.45) is 0. The van der Waals surface area contributed by atoms with Gasteiger partial charge < -0.3 is 19.7 Å². The molecule has 0 spiro atoms. The van der Waals surface area contributed by atoms with Gasteiger partial charge in [-0.2, -0.15) is 0 Å². The van der Waals surface area contributed by atoms with E-state index in [2.05, 4.69) is 34.5 Å². The summed E-state index contributed by atoms with van der Waals surface area (Å²) in [4.78, 5) is 29.3. The van der Waals surface area contributed by atoms with Gasteiger partial charge in [0.25, 0.3) is 5.91 Å². The highest BCUT2D eigenvalue weighted by atomic mass is 16.5. The number of carbonyl (C=O) groups excluding carboxylic acids is 2. The predicted octanol–water partition coefficient (Wildman–Crippen LogP) is 3.37. The first-order valence-corrected chi connectivity index (χ1v) is 12.4. The van der Waals surface area contributed by atoms with E-state index >= 15 is 0 Å². The lowest BCUT2D eigenvalue weighted by Gasteiger charge is -2.26. The number of hydrogen-bond donors (Lipinski definition) is 1. The van der Waals surface area contributed by atoms with Crippen molar-refractivity contribution < 1.29 is 19.1 Å². The highest BCUT2D eigenvalue weighted by Crippen LogP contribution is 2.31. The third kappa shape index (κ3) is 5.93. The second-order valence-corrected chi connectivity index (χ2v) is 9.20. The molecule has 36 heavy (non-hydrogen) atoms. The Hall–Kier alpha value is -3.68. The van der Waals surface area contributed by atoms with Gasteiger partial charge in [0.1, 0.15) is 18.9 Å². The van der Waals surface area contributed by atoms with Crippen LogP contribution in [-0.2, 0) is 35.8 Å². The lowest BCUT2D eigenvalue weighted by atomic mass is 10.1. The Morgan fingerprint density at radius 1 is 0.889 bits per heavy atom. The number of rotatable bonds is 9. The number of nitrogens with one attached hydrogen (secondary N) is 1. The highest BCUT2D eigenvalue weighted by molar-refractivity contribution is 6.00. The standard InChI is InChI=1S/C29H31N3O4/c33-28(30-17-22-5-2-1-3-6-22)20-32-19-26-25(29(32)34)7-4-8-27(26)36-21-24-11-9-23(10-12-24)18-31-13-15-35-16-14-31/h1-12H,13-21H2,(H,30,33). The van der Waals surface area contributed by atoms with Crippen LogP contribution in [0.15, 0.2) is 72.8 Å². The third-order valence-electron chi connectivity index (χ3n) is 6.59. The molecule has 186 valence electrons. The van der Waals surface area contributed by atoms with Gasteiger partial charge >= 0.3 is 0 Å². The molecular formula is C29H31N3O4. The van der Waals surface area contributed by atoms with Crippen molar-refractivity contribution in [1.29, 1.82) is 0 Å². The van der Waals surface area contributed by atoms with Crippen molar-refractivity contribution in [2.45, 2.75) is 26.2 Å². The molecule has 7 nitrogen and oxygen atoms in total. The van der Waals surface area contributed by atoms with E-state index in [-0.39, 0.29) is 18.4 Å². The maximum absolute atomic E-state index is 12.9. The third-order valence-corrected chi connectivity index (χ3v) is 6.59. The molecule has 0 aliphatic carbocycles. The lowest BCUT2D eigenvalue weighted by molar-refractivity contribution is -0.122. The number of hydrogen-bond acceptors (Lipinski definition) is 5. The van der Waals surface area contributed by atoms with Crippen LogP contribution in [0.1, 0.15) is 32.6 Å². The van der Waals surface area contributed by atoms with E-state index in [1.807, 2.05) is 42.5 Å². The van der Waals surface area contributed by atoms with Crippen LogP contribution in [0.25, 0.3) is 0 Å². The minimum absolute atomic E-state index is 0.0182. The average molecular weight is 486 g/mol. The molecule has 0 unspecified atom stereocenters. The van der Waals surface area contributed by atoms with Gasteiger partial charge in [-0.3, -0.25) is 14.5 Å². The van der Waals surface area contributed by atoms with Gasteiger partial charge in [-0.15, -0.1) is 0 Å². The lowest BCUT2D eigenvalue weighted by Crippen LogP contribution is -2.37. The molecule has 7 heteroatoms. The van der Waals surface area contributed by atoms with Gasteiger partial charge in [0.2, 0.25) is 5.91 Å². The van der Waals surface area contributed by atoms with Crippen LogP contribution in [0.5, 0.6) is 5.75 Å². The van der Waals surface area contributed by atoms with Gasteiger partial charge in [0, 0.05) is 37.3 Å². The van der Waals surface area contributed by atoms with Gasteiger partial charge in [-0.25, -0.2) is 0 Å². The Bertz CT molecular complexity index is 1190. The monoisotopic (exact) mass is 485 g/mol. The molecule has 2 amide bonds. The Morgan fingerprint density at radius 3 is 2.42 bits per heavy atom. The molecule has 0 saturated carbocycles. The summed E-state index contributed by atoms with van der Waals surface area (Å²) >= 11 is 0. The second-order valence-electron chi connectivity index (χ2n) is 9.20. The molecule has 1 N–H and O–H groups in total. The van der Waals surface area contributed by atoms with Crippen molar-refractivity contribution in [1.82, 2.24) is 15.1 Å². The normalized spacial score (nSPS) is 15.6. The van der Waals surface area contributed by atoms with Crippen LogP contribution < -0.4 is 10.1 Å². The Balaban J connectivity index is 1.15. The molecular weight excluding hydrogens is 454 g/mol. The van der Waals surface area contributed by atoms with E-state index in [0.29, 0.717) is 31.0 Å². The van der Waals surface area contributed by atoms with Gasteiger partial charge in [-0.05, 0) is 28.8 Å². The van der Waals surface area contributed by atoms with Crippen molar-refractivity contribution in [3.8, 4) is 5.75 Å². The number of morpholine rings is 1. The van der Waals surface area contributed by atoms with Crippen LogP contribution in [0, 0.1) is 0 Å². The quantitative estimate of drug-likeness (QED) is 0.503. The average Bonchev–Trinajstić information content (AvgIpc) is 3.24. The van der Waals surface area contributed by atoms with E-state index in [1.165, 1.54) is 5.56 Å². The first kappa shape index (κ1) is 24.0. The van der Waals surface area contributed by atoms with Crippen LogP contribution >= 0.6 is 0 Å². The fourth-order valence-corrected chi connectivity index (χ4v) is 4.57. The zero-order chi connectivity index (χ0) is 24.7. The molecule has 1 fully saturated rings. The number of nitrogens with zero attached hydrogens (tertiary/aromatic N) is 2.